The SMILES string of the molecule is Cc1ccc(-c2ccc(-c3cc(C)c(C#N)c(C)c3)c(C)c2)c(C)c1. The maximum absolute atomic E-state index is 9.27. The summed E-state index contributed by atoms with van der Waals surface area (Å²) in [5.41, 5.74) is 11.6. The van der Waals surface area contributed by atoms with E-state index in [9.17, 15) is 5.26 Å². The fourth-order valence-electron chi connectivity index (χ4n) is 3.59. The van der Waals surface area contributed by atoms with Crippen LogP contribution < -0.4 is 0 Å². The molecule has 0 saturated carbocycles. The Morgan fingerprint density at radius 1 is 0.600 bits per heavy atom. The largest absolute Gasteiger partial charge is 0.192 e. The van der Waals surface area contributed by atoms with Crippen molar-refractivity contribution in [3.05, 3.63) is 81.9 Å². The van der Waals surface area contributed by atoms with Crippen LogP contribution in [0.2, 0.25) is 0 Å². The van der Waals surface area contributed by atoms with E-state index in [0.29, 0.717) is 0 Å². The van der Waals surface area contributed by atoms with E-state index < -0.39 is 0 Å². The lowest BCUT2D eigenvalue weighted by Gasteiger charge is -2.13. The van der Waals surface area contributed by atoms with Crippen LogP contribution in [-0.2, 0) is 0 Å². The predicted octanol–water partition coefficient (Wildman–Crippen LogP) is 6.43. The highest BCUT2D eigenvalue weighted by Crippen LogP contribution is 2.32. The molecule has 0 unspecified atom stereocenters. The molecular weight excluding hydrogens is 302 g/mol. The molecule has 0 radical (unpaired) electrons. The van der Waals surface area contributed by atoms with Gasteiger partial charge in [0.25, 0.3) is 0 Å². The number of nitrogens with zero attached hydrogens (tertiary/aromatic N) is 1. The summed E-state index contributed by atoms with van der Waals surface area (Å²) in [6.45, 7) is 10.5. The van der Waals surface area contributed by atoms with Crippen molar-refractivity contribution in [1.82, 2.24) is 0 Å². The molecule has 0 atom stereocenters. The summed E-state index contributed by atoms with van der Waals surface area (Å²) in [7, 11) is 0. The monoisotopic (exact) mass is 325 g/mol. The number of aryl methyl sites for hydroxylation is 5. The molecule has 25 heavy (non-hydrogen) atoms. The first kappa shape index (κ1) is 17.0. The average Bonchev–Trinajstić information content (AvgIpc) is 2.54. The Hall–Kier alpha value is -2.85. The summed E-state index contributed by atoms with van der Waals surface area (Å²) in [5, 5.41) is 9.27. The van der Waals surface area contributed by atoms with E-state index in [1.54, 1.807) is 0 Å². The second kappa shape index (κ2) is 6.57. The van der Waals surface area contributed by atoms with Crippen molar-refractivity contribution in [2.24, 2.45) is 0 Å². The zero-order valence-corrected chi connectivity index (χ0v) is 15.6. The number of hydrogen-bond acceptors (Lipinski definition) is 1. The minimum Gasteiger partial charge on any atom is -0.192 e. The van der Waals surface area contributed by atoms with Gasteiger partial charge in [-0.05, 0) is 79.1 Å². The molecule has 3 rings (SSSR count). The van der Waals surface area contributed by atoms with Gasteiger partial charge in [0.05, 0.1) is 11.6 Å². The Morgan fingerprint density at radius 2 is 1.12 bits per heavy atom. The Kier molecular flexibility index (Phi) is 4.47. The molecule has 3 aromatic carbocycles. The molecule has 0 aliphatic carbocycles. The normalized spacial score (nSPS) is 10.6. The lowest BCUT2D eigenvalue weighted by molar-refractivity contribution is 1.32. The van der Waals surface area contributed by atoms with Crippen molar-refractivity contribution in [1.29, 1.82) is 5.26 Å². The van der Waals surface area contributed by atoms with Gasteiger partial charge in [-0.3, -0.25) is 0 Å². The maximum Gasteiger partial charge on any atom is 0.0997 e. The molecule has 0 amide bonds. The van der Waals surface area contributed by atoms with Crippen molar-refractivity contribution >= 4 is 0 Å². The van der Waals surface area contributed by atoms with E-state index in [1.807, 2.05) is 13.8 Å². The number of nitriles is 1. The third-order valence-electron chi connectivity index (χ3n) is 4.87. The van der Waals surface area contributed by atoms with Crippen LogP contribution in [-0.4, -0.2) is 0 Å². The van der Waals surface area contributed by atoms with Gasteiger partial charge in [-0.2, -0.15) is 5.26 Å². The summed E-state index contributed by atoms with van der Waals surface area (Å²) < 4.78 is 0. The summed E-state index contributed by atoms with van der Waals surface area (Å²) in [4.78, 5) is 0. The highest BCUT2D eigenvalue weighted by Gasteiger charge is 2.10. The van der Waals surface area contributed by atoms with Crippen LogP contribution in [0.3, 0.4) is 0 Å². The Balaban J connectivity index is 2.08. The Bertz CT molecular complexity index is 980. The van der Waals surface area contributed by atoms with Crippen molar-refractivity contribution in [2.45, 2.75) is 34.6 Å². The zero-order chi connectivity index (χ0) is 18.1. The fraction of sp³-hybridized carbons (Fsp3) is 0.208. The first-order chi connectivity index (χ1) is 11.9. The van der Waals surface area contributed by atoms with Crippen LogP contribution >= 0.6 is 0 Å². The number of hydrogen-bond donors (Lipinski definition) is 0. The first-order valence-electron chi connectivity index (χ1n) is 8.60. The van der Waals surface area contributed by atoms with Crippen LogP contribution in [0.4, 0.5) is 0 Å². The highest BCUT2D eigenvalue weighted by atomic mass is 14.3. The van der Waals surface area contributed by atoms with E-state index >= 15 is 0 Å². The van der Waals surface area contributed by atoms with E-state index in [4.69, 9.17) is 0 Å². The van der Waals surface area contributed by atoms with Gasteiger partial charge in [-0.15, -0.1) is 0 Å². The number of rotatable bonds is 2. The second-order valence-electron chi connectivity index (χ2n) is 6.94. The summed E-state index contributed by atoms with van der Waals surface area (Å²) in [6, 6.07) is 19.8. The predicted molar refractivity (Wildman–Crippen MR) is 106 cm³/mol. The number of benzene rings is 3. The molecule has 0 aliphatic rings. The molecule has 0 fully saturated rings. The van der Waals surface area contributed by atoms with E-state index in [0.717, 1.165) is 16.7 Å². The molecule has 0 aliphatic heterocycles. The van der Waals surface area contributed by atoms with Crippen LogP contribution in [0.1, 0.15) is 33.4 Å². The quantitative estimate of drug-likeness (QED) is 0.532. The minimum absolute atomic E-state index is 0.785. The molecule has 0 heterocycles. The van der Waals surface area contributed by atoms with Gasteiger partial charge >= 0.3 is 0 Å². The lowest BCUT2D eigenvalue weighted by atomic mass is 9.91. The molecule has 0 aromatic heterocycles. The molecule has 124 valence electrons. The van der Waals surface area contributed by atoms with Gasteiger partial charge in [-0.25, -0.2) is 0 Å². The molecule has 1 nitrogen and oxygen atoms in total. The summed E-state index contributed by atoms with van der Waals surface area (Å²) in [6.07, 6.45) is 0. The highest BCUT2D eigenvalue weighted by molar-refractivity contribution is 5.76. The topological polar surface area (TPSA) is 23.8 Å². The van der Waals surface area contributed by atoms with Gasteiger partial charge in [0.2, 0.25) is 0 Å². The molecular formula is C24H23N. The third kappa shape index (κ3) is 3.21. The average molecular weight is 325 g/mol. The first-order valence-corrected chi connectivity index (χ1v) is 8.60. The fourth-order valence-corrected chi connectivity index (χ4v) is 3.59. The Labute approximate surface area is 150 Å². The lowest BCUT2D eigenvalue weighted by Crippen LogP contribution is -1.92. The van der Waals surface area contributed by atoms with Gasteiger partial charge in [0, 0.05) is 0 Å². The standard InChI is InChI=1S/C24H23N/c1-15-6-8-22(16(2)10-15)20-7-9-23(17(3)11-20)21-12-18(4)24(14-25)19(5)13-21/h6-13H,1-5H3. The van der Waals surface area contributed by atoms with Gasteiger partial charge in [0.1, 0.15) is 0 Å². The minimum atomic E-state index is 0.785. The summed E-state index contributed by atoms with van der Waals surface area (Å²) >= 11 is 0. The smallest absolute Gasteiger partial charge is 0.0997 e. The van der Waals surface area contributed by atoms with Crippen molar-refractivity contribution in [3.8, 4) is 28.3 Å². The molecule has 0 bridgehead atoms. The van der Waals surface area contributed by atoms with Crippen molar-refractivity contribution < 1.29 is 0 Å². The van der Waals surface area contributed by atoms with Crippen LogP contribution in [0.15, 0.2) is 48.5 Å². The molecule has 0 spiro atoms. The van der Waals surface area contributed by atoms with Gasteiger partial charge in [-0.1, -0.05) is 54.1 Å². The van der Waals surface area contributed by atoms with Crippen LogP contribution in [0.5, 0.6) is 0 Å². The molecule has 0 saturated heterocycles. The summed E-state index contributed by atoms with van der Waals surface area (Å²) in [5.74, 6) is 0. The van der Waals surface area contributed by atoms with E-state index in [-0.39, 0.29) is 0 Å². The van der Waals surface area contributed by atoms with Gasteiger partial charge in [0.15, 0.2) is 0 Å². The van der Waals surface area contributed by atoms with Gasteiger partial charge < -0.3 is 0 Å². The second-order valence-corrected chi connectivity index (χ2v) is 6.94. The zero-order valence-electron chi connectivity index (χ0n) is 15.6. The van der Waals surface area contributed by atoms with E-state index in [1.165, 1.54) is 38.9 Å². The third-order valence-corrected chi connectivity index (χ3v) is 4.87. The van der Waals surface area contributed by atoms with Crippen molar-refractivity contribution in [2.75, 3.05) is 0 Å². The van der Waals surface area contributed by atoms with E-state index in [2.05, 4.69) is 75.4 Å². The van der Waals surface area contributed by atoms with Crippen LogP contribution in [0, 0.1) is 45.9 Å². The van der Waals surface area contributed by atoms with Crippen LogP contribution in [0.25, 0.3) is 22.3 Å². The molecule has 3 aromatic rings. The maximum atomic E-state index is 9.27. The van der Waals surface area contributed by atoms with Crippen molar-refractivity contribution in [3.63, 3.8) is 0 Å². The Morgan fingerprint density at radius 3 is 1.68 bits per heavy atom. The molecule has 1 heteroatoms. The molecule has 0 N–H and O–H groups in total.